The zero-order chi connectivity index (χ0) is 16.4. The van der Waals surface area contributed by atoms with Crippen LogP contribution in [0.2, 0.25) is 0 Å². The smallest absolute Gasteiger partial charge is 0.329 e. The molecule has 6 heteroatoms. The molecule has 2 aromatic heterocycles. The van der Waals surface area contributed by atoms with Crippen molar-refractivity contribution in [3.63, 3.8) is 0 Å². The Balaban J connectivity index is 2.46. The minimum absolute atomic E-state index is 0.157. The highest BCUT2D eigenvalue weighted by atomic mass is 32.1. The highest BCUT2D eigenvalue weighted by molar-refractivity contribution is 7.18. The summed E-state index contributed by atoms with van der Waals surface area (Å²) in [7, 11) is 0. The summed E-state index contributed by atoms with van der Waals surface area (Å²) in [5.74, 6) is 0.141. The van der Waals surface area contributed by atoms with E-state index in [-0.39, 0.29) is 11.7 Å². The molecule has 2 rings (SSSR count). The van der Waals surface area contributed by atoms with Gasteiger partial charge < -0.3 is 4.74 Å². The fourth-order valence-electron chi connectivity index (χ4n) is 2.26. The number of fused-ring (bicyclic) bond motifs is 1. The number of hydrogen-bond acceptors (Lipinski definition) is 5. The number of aryl methyl sites for hydroxylation is 2. The molecular weight excluding hydrogens is 300 g/mol. The van der Waals surface area contributed by atoms with E-state index in [0.717, 1.165) is 22.5 Å². The van der Waals surface area contributed by atoms with E-state index in [4.69, 9.17) is 4.74 Å². The summed E-state index contributed by atoms with van der Waals surface area (Å²) in [6.07, 6.45) is 1.45. The number of aromatic nitrogens is 2. The summed E-state index contributed by atoms with van der Waals surface area (Å²) >= 11 is 1.53. The number of nitrogens with zero attached hydrogens (tertiary/aromatic N) is 2. The van der Waals surface area contributed by atoms with Gasteiger partial charge in [0.25, 0.3) is 5.56 Å². The van der Waals surface area contributed by atoms with Gasteiger partial charge in [-0.15, -0.1) is 11.3 Å². The molecule has 22 heavy (non-hydrogen) atoms. The summed E-state index contributed by atoms with van der Waals surface area (Å²) in [6, 6.07) is 1.20. The summed E-state index contributed by atoms with van der Waals surface area (Å²) in [4.78, 5) is 31.2. The van der Waals surface area contributed by atoms with Crippen molar-refractivity contribution < 1.29 is 9.53 Å². The Morgan fingerprint density at radius 1 is 1.41 bits per heavy atom. The number of ether oxygens (including phenoxy) is 1. The number of carbonyl (C=O) groups is 1. The topological polar surface area (TPSA) is 61.2 Å². The number of rotatable bonds is 5. The summed E-state index contributed by atoms with van der Waals surface area (Å²) < 4.78 is 6.77. The predicted octanol–water partition coefficient (Wildman–Crippen LogP) is 3.23. The second-order valence-electron chi connectivity index (χ2n) is 5.45. The second-order valence-corrected chi connectivity index (χ2v) is 6.57. The Hall–Kier alpha value is -1.69. The molecule has 0 N–H and O–H groups in total. The minimum Gasteiger partial charge on any atom is -0.461 e. The lowest BCUT2D eigenvalue weighted by molar-refractivity contribution is -0.152. The number of carbonyl (C=O) groups excluding carboxylic acids is 1. The van der Waals surface area contributed by atoms with Gasteiger partial charge in [0, 0.05) is 4.88 Å². The molecule has 0 fully saturated rings. The molecule has 2 aromatic rings. The first-order valence-electron chi connectivity index (χ1n) is 7.61. The Kier molecular flexibility index (Phi) is 5.01. The molecular formula is C16H22N2O3S. The molecule has 5 nitrogen and oxygen atoms in total. The fourth-order valence-corrected chi connectivity index (χ4v) is 3.26. The molecule has 0 radical (unpaired) electrons. The third-order valence-corrected chi connectivity index (χ3v) is 4.97. The Morgan fingerprint density at radius 2 is 2.09 bits per heavy atom. The molecule has 0 aromatic carbocycles. The van der Waals surface area contributed by atoms with E-state index in [9.17, 15) is 9.59 Å². The van der Waals surface area contributed by atoms with Crippen LogP contribution in [0.1, 0.15) is 50.9 Å². The average molecular weight is 322 g/mol. The van der Waals surface area contributed by atoms with Gasteiger partial charge in [0.1, 0.15) is 16.7 Å². The standard InChI is InChI=1S/C16H22N2O3S/c1-6-9(3)21-16(20)10(4)18-11(5)17-14-13(15(18)19)8-12(7-2)22-14/h8-10H,6-7H2,1-5H3. The third-order valence-electron chi connectivity index (χ3n) is 3.79. The molecule has 0 bridgehead atoms. The van der Waals surface area contributed by atoms with Crippen LogP contribution in [-0.4, -0.2) is 21.6 Å². The van der Waals surface area contributed by atoms with Crippen LogP contribution >= 0.6 is 11.3 Å². The average Bonchev–Trinajstić information content (AvgIpc) is 2.90. The molecule has 0 spiro atoms. The molecule has 0 saturated carbocycles. The van der Waals surface area contributed by atoms with Crippen LogP contribution in [0.5, 0.6) is 0 Å². The van der Waals surface area contributed by atoms with Gasteiger partial charge in [0.2, 0.25) is 0 Å². The lowest BCUT2D eigenvalue weighted by Crippen LogP contribution is -2.32. The quantitative estimate of drug-likeness (QED) is 0.793. The maximum absolute atomic E-state index is 12.7. The van der Waals surface area contributed by atoms with Crippen LogP contribution in [0.15, 0.2) is 10.9 Å². The van der Waals surface area contributed by atoms with Crippen molar-refractivity contribution in [3.05, 3.63) is 27.1 Å². The van der Waals surface area contributed by atoms with E-state index in [1.165, 1.54) is 15.9 Å². The van der Waals surface area contributed by atoms with Gasteiger partial charge >= 0.3 is 5.97 Å². The van der Waals surface area contributed by atoms with Gasteiger partial charge in [-0.1, -0.05) is 13.8 Å². The molecule has 2 heterocycles. The van der Waals surface area contributed by atoms with E-state index in [2.05, 4.69) is 4.98 Å². The Labute approximate surface area is 133 Å². The van der Waals surface area contributed by atoms with Crippen molar-refractivity contribution in [2.45, 2.75) is 59.6 Å². The first-order valence-corrected chi connectivity index (χ1v) is 8.42. The summed E-state index contributed by atoms with van der Waals surface area (Å²) in [5, 5.41) is 0.579. The Morgan fingerprint density at radius 3 is 2.68 bits per heavy atom. The number of hydrogen-bond donors (Lipinski definition) is 0. The van der Waals surface area contributed by atoms with Gasteiger partial charge in [-0.2, -0.15) is 0 Å². The van der Waals surface area contributed by atoms with Gasteiger partial charge in [-0.05, 0) is 39.7 Å². The van der Waals surface area contributed by atoms with Crippen molar-refractivity contribution in [2.75, 3.05) is 0 Å². The van der Waals surface area contributed by atoms with Crippen molar-refractivity contribution in [1.29, 1.82) is 0 Å². The first-order chi connectivity index (χ1) is 10.4. The van der Waals surface area contributed by atoms with E-state index >= 15 is 0 Å². The highest BCUT2D eigenvalue weighted by Crippen LogP contribution is 2.23. The van der Waals surface area contributed by atoms with Crippen molar-refractivity contribution in [2.24, 2.45) is 0 Å². The zero-order valence-corrected chi connectivity index (χ0v) is 14.5. The SMILES string of the molecule is CCc1cc2c(=O)n(C(C)C(=O)OC(C)CC)c(C)nc2s1. The van der Waals surface area contributed by atoms with Crippen LogP contribution in [0, 0.1) is 6.92 Å². The van der Waals surface area contributed by atoms with E-state index in [0.29, 0.717) is 11.2 Å². The maximum atomic E-state index is 12.7. The molecule has 0 saturated heterocycles. The second kappa shape index (κ2) is 6.60. The molecule has 2 atom stereocenters. The molecule has 0 aliphatic heterocycles. The summed E-state index contributed by atoms with van der Waals surface area (Å²) in [5.41, 5.74) is -0.174. The molecule has 120 valence electrons. The molecule has 0 aliphatic carbocycles. The minimum atomic E-state index is -0.677. The van der Waals surface area contributed by atoms with Crippen LogP contribution in [-0.2, 0) is 16.0 Å². The van der Waals surface area contributed by atoms with Crippen molar-refractivity contribution in [3.8, 4) is 0 Å². The molecule has 0 aliphatic rings. The lowest BCUT2D eigenvalue weighted by Gasteiger charge is -2.19. The number of esters is 1. The van der Waals surface area contributed by atoms with E-state index < -0.39 is 12.0 Å². The van der Waals surface area contributed by atoms with Crippen LogP contribution in [0.4, 0.5) is 0 Å². The van der Waals surface area contributed by atoms with Gasteiger partial charge in [0.15, 0.2) is 0 Å². The summed E-state index contributed by atoms with van der Waals surface area (Å²) in [6.45, 7) is 9.26. The predicted molar refractivity (Wildman–Crippen MR) is 88.6 cm³/mol. The monoisotopic (exact) mass is 322 g/mol. The highest BCUT2D eigenvalue weighted by Gasteiger charge is 2.23. The van der Waals surface area contributed by atoms with Crippen LogP contribution in [0.25, 0.3) is 10.2 Å². The van der Waals surface area contributed by atoms with Gasteiger partial charge in [-0.25, -0.2) is 9.78 Å². The molecule has 0 amide bonds. The largest absolute Gasteiger partial charge is 0.461 e. The normalized spacial score (nSPS) is 14.0. The number of thiophene rings is 1. The van der Waals surface area contributed by atoms with Crippen LogP contribution in [0.3, 0.4) is 0 Å². The van der Waals surface area contributed by atoms with Gasteiger partial charge in [-0.3, -0.25) is 9.36 Å². The van der Waals surface area contributed by atoms with Crippen LogP contribution < -0.4 is 5.56 Å². The zero-order valence-electron chi connectivity index (χ0n) is 13.7. The van der Waals surface area contributed by atoms with Crippen molar-refractivity contribution in [1.82, 2.24) is 9.55 Å². The lowest BCUT2D eigenvalue weighted by atomic mass is 10.2. The van der Waals surface area contributed by atoms with E-state index in [1.54, 1.807) is 13.8 Å². The van der Waals surface area contributed by atoms with Crippen molar-refractivity contribution >= 4 is 27.5 Å². The third kappa shape index (κ3) is 3.06. The van der Waals surface area contributed by atoms with Gasteiger partial charge in [0.05, 0.1) is 11.5 Å². The van der Waals surface area contributed by atoms with E-state index in [1.807, 2.05) is 26.8 Å². The fraction of sp³-hybridized carbons (Fsp3) is 0.562. The molecule has 2 unspecified atom stereocenters. The maximum Gasteiger partial charge on any atom is 0.329 e. The Bertz CT molecular complexity index is 748. The first kappa shape index (κ1) is 16.7.